The van der Waals surface area contributed by atoms with E-state index >= 15 is 0 Å². The minimum Gasteiger partial charge on any atom is -0.396 e. The van der Waals surface area contributed by atoms with Gasteiger partial charge in [-0.2, -0.15) is 0 Å². The van der Waals surface area contributed by atoms with Crippen LogP contribution in [0.4, 0.5) is 4.39 Å². The Morgan fingerprint density at radius 2 is 1.95 bits per heavy atom. The number of halogens is 1. The van der Waals surface area contributed by atoms with E-state index in [0.717, 1.165) is 0 Å². The molecule has 5 nitrogen and oxygen atoms in total. The van der Waals surface area contributed by atoms with Crippen molar-refractivity contribution in [2.75, 3.05) is 13.2 Å². The molecule has 1 rings (SSSR count). The van der Waals surface area contributed by atoms with E-state index in [0.29, 0.717) is 13.0 Å². The van der Waals surface area contributed by atoms with Crippen molar-refractivity contribution < 1.29 is 19.1 Å². The van der Waals surface area contributed by atoms with Crippen LogP contribution >= 0.6 is 0 Å². The standard InChI is InChI=1S/C15H21FN2O3/c1-10(2)13(15(21)17-8-5-9-19)18-14(20)11-6-3-4-7-12(11)16/h3-4,6-7,10,13,19H,5,8-9H2,1-2H3,(H,17,21)(H,18,20)/t13-/m1/s1. The van der Waals surface area contributed by atoms with Gasteiger partial charge in [-0.05, 0) is 24.5 Å². The van der Waals surface area contributed by atoms with Crippen LogP contribution in [-0.4, -0.2) is 36.1 Å². The van der Waals surface area contributed by atoms with E-state index in [4.69, 9.17) is 5.11 Å². The number of hydrogen-bond acceptors (Lipinski definition) is 3. The van der Waals surface area contributed by atoms with Gasteiger partial charge in [-0.1, -0.05) is 26.0 Å². The molecule has 0 radical (unpaired) electrons. The highest BCUT2D eigenvalue weighted by atomic mass is 19.1. The quantitative estimate of drug-likeness (QED) is 0.659. The smallest absolute Gasteiger partial charge is 0.254 e. The second-order valence-corrected chi connectivity index (χ2v) is 5.04. The lowest BCUT2D eigenvalue weighted by Crippen LogP contribution is -2.50. The van der Waals surface area contributed by atoms with Crippen LogP contribution in [0.3, 0.4) is 0 Å². The second-order valence-electron chi connectivity index (χ2n) is 5.04. The molecule has 116 valence electrons. The molecule has 1 aromatic carbocycles. The Bertz CT molecular complexity index is 492. The molecule has 0 aliphatic rings. The van der Waals surface area contributed by atoms with Gasteiger partial charge in [-0.15, -0.1) is 0 Å². The predicted octanol–water partition coefficient (Wildman–Crippen LogP) is 1.08. The first kappa shape index (κ1) is 17.1. The largest absolute Gasteiger partial charge is 0.396 e. The number of carbonyl (C=O) groups excluding carboxylic acids is 2. The van der Waals surface area contributed by atoms with Crippen LogP contribution in [0.5, 0.6) is 0 Å². The third kappa shape index (κ3) is 5.15. The summed E-state index contributed by atoms with van der Waals surface area (Å²) in [4.78, 5) is 24.1. The maximum Gasteiger partial charge on any atom is 0.254 e. The summed E-state index contributed by atoms with van der Waals surface area (Å²) in [5.41, 5.74) is -0.0914. The van der Waals surface area contributed by atoms with Crippen LogP contribution < -0.4 is 10.6 Å². The molecule has 0 saturated carbocycles. The van der Waals surface area contributed by atoms with E-state index in [1.807, 2.05) is 0 Å². The molecule has 1 atom stereocenters. The molecule has 0 aliphatic heterocycles. The Hall–Kier alpha value is -1.95. The van der Waals surface area contributed by atoms with Crippen LogP contribution in [0.2, 0.25) is 0 Å². The third-order valence-corrected chi connectivity index (χ3v) is 2.99. The van der Waals surface area contributed by atoms with E-state index in [2.05, 4.69) is 10.6 Å². The van der Waals surface area contributed by atoms with E-state index in [9.17, 15) is 14.0 Å². The van der Waals surface area contributed by atoms with Gasteiger partial charge in [0.15, 0.2) is 0 Å². The van der Waals surface area contributed by atoms with Crippen LogP contribution in [0.1, 0.15) is 30.6 Å². The van der Waals surface area contributed by atoms with Gasteiger partial charge in [0.05, 0.1) is 5.56 Å². The summed E-state index contributed by atoms with van der Waals surface area (Å²) in [6.07, 6.45) is 0.442. The molecule has 3 N–H and O–H groups in total. The minimum absolute atomic E-state index is 0.0196. The first-order valence-electron chi connectivity index (χ1n) is 6.91. The van der Waals surface area contributed by atoms with Crippen LogP contribution in [0.15, 0.2) is 24.3 Å². The fraction of sp³-hybridized carbons (Fsp3) is 0.467. The molecule has 2 amide bonds. The maximum absolute atomic E-state index is 13.6. The zero-order chi connectivity index (χ0) is 15.8. The summed E-state index contributed by atoms with van der Waals surface area (Å²) >= 11 is 0. The van der Waals surface area contributed by atoms with Crippen LogP contribution in [0.25, 0.3) is 0 Å². The number of aliphatic hydroxyl groups is 1. The van der Waals surface area contributed by atoms with Crippen molar-refractivity contribution in [2.45, 2.75) is 26.3 Å². The third-order valence-electron chi connectivity index (χ3n) is 2.99. The topological polar surface area (TPSA) is 78.4 Å². The number of benzene rings is 1. The Balaban J connectivity index is 2.72. The average molecular weight is 296 g/mol. The number of amides is 2. The summed E-state index contributed by atoms with van der Waals surface area (Å²) in [5.74, 6) is -1.74. The summed E-state index contributed by atoms with van der Waals surface area (Å²) < 4.78 is 13.6. The lowest BCUT2D eigenvalue weighted by Gasteiger charge is -2.21. The van der Waals surface area contributed by atoms with Gasteiger partial charge in [-0.25, -0.2) is 4.39 Å². The molecule has 0 bridgehead atoms. The summed E-state index contributed by atoms with van der Waals surface area (Å²) in [7, 11) is 0. The molecule has 0 fully saturated rings. The minimum atomic E-state index is -0.754. The van der Waals surface area contributed by atoms with Crippen LogP contribution in [-0.2, 0) is 4.79 Å². The van der Waals surface area contributed by atoms with Crippen molar-refractivity contribution in [3.63, 3.8) is 0 Å². The Morgan fingerprint density at radius 3 is 2.52 bits per heavy atom. The van der Waals surface area contributed by atoms with Gasteiger partial charge in [0.25, 0.3) is 5.91 Å². The van der Waals surface area contributed by atoms with Crippen molar-refractivity contribution in [3.8, 4) is 0 Å². The summed E-state index contributed by atoms with van der Waals surface area (Å²) in [5, 5.41) is 13.9. The Labute approximate surface area is 123 Å². The van der Waals surface area contributed by atoms with Crippen molar-refractivity contribution in [1.82, 2.24) is 10.6 Å². The molecule has 0 aliphatic carbocycles. The molecule has 21 heavy (non-hydrogen) atoms. The summed E-state index contributed by atoms with van der Waals surface area (Å²) in [6.45, 7) is 3.89. The molecule has 0 aromatic heterocycles. The number of rotatable bonds is 7. The van der Waals surface area contributed by atoms with Gasteiger partial charge in [0, 0.05) is 13.2 Å². The lowest BCUT2D eigenvalue weighted by atomic mass is 10.0. The molecular formula is C15H21FN2O3. The number of hydrogen-bond donors (Lipinski definition) is 3. The molecule has 1 aromatic rings. The molecule has 0 heterocycles. The normalized spacial score (nSPS) is 12.0. The van der Waals surface area contributed by atoms with Crippen molar-refractivity contribution in [1.29, 1.82) is 0 Å². The van der Waals surface area contributed by atoms with Gasteiger partial charge in [-0.3, -0.25) is 9.59 Å². The van der Waals surface area contributed by atoms with Crippen molar-refractivity contribution in [3.05, 3.63) is 35.6 Å². The first-order chi connectivity index (χ1) is 9.97. The van der Waals surface area contributed by atoms with E-state index in [-0.39, 0.29) is 24.0 Å². The highest BCUT2D eigenvalue weighted by Crippen LogP contribution is 2.08. The summed E-state index contributed by atoms with van der Waals surface area (Å²) in [6, 6.07) is 4.86. The fourth-order valence-corrected chi connectivity index (χ4v) is 1.80. The van der Waals surface area contributed by atoms with E-state index < -0.39 is 17.8 Å². The SMILES string of the molecule is CC(C)[C@@H](NC(=O)c1ccccc1F)C(=O)NCCCO. The van der Waals surface area contributed by atoms with Gasteiger partial charge < -0.3 is 15.7 Å². The van der Waals surface area contributed by atoms with E-state index in [1.54, 1.807) is 19.9 Å². The van der Waals surface area contributed by atoms with Crippen LogP contribution in [0, 0.1) is 11.7 Å². The van der Waals surface area contributed by atoms with Gasteiger partial charge in [0.2, 0.25) is 5.91 Å². The number of carbonyl (C=O) groups is 2. The Kier molecular flexibility index (Phi) is 6.81. The van der Waals surface area contributed by atoms with Crippen molar-refractivity contribution >= 4 is 11.8 Å². The Morgan fingerprint density at radius 1 is 1.29 bits per heavy atom. The molecule has 0 spiro atoms. The second kappa shape index (κ2) is 8.36. The monoisotopic (exact) mass is 296 g/mol. The fourth-order valence-electron chi connectivity index (χ4n) is 1.80. The van der Waals surface area contributed by atoms with Crippen molar-refractivity contribution in [2.24, 2.45) is 5.92 Å². The molecule has 0 saturated heterocycles. The molecular weight excluding hydrogens is 275 g/mol. The van der Waals surface area contributed by atoms with Gasteiger partial charge in [0.1, 0.15) is 11.9 Å². The number of nitrogens with one attached hydrogen (secondary N) is 2. The molecule has 0 unspecified atom stereocenters. The average Bonchev–Trinajstić information content (AvgIpc) is 2.44. The zero-order valence-electron chi connectivity index (χ0n) is 12.2. The maximum atomic E-state index is 13.6. The highest BCUT2D eigenvalue weighted by Gasteiger charge is 2.25. The highest BCUT2D eigenvalue weighted by molar-refractivity contribution is 5.97. The molecule has 6 heteroatoms. The number of aliphatic hydroxyl groups excluding tert-OH is 1. The lowest BCUT2D eigenvalue weighted by molar-refractivity contribution is -0.123. The van der Waals surface area contributed by atoms with E-state index in [1.165, 1.54) is 18.2 Å². The first-order valence-corrected chi connectivity index (χ1v) is 6.91. The van der Waals surface area contributed by atoms with Gasteiger partial charge >= 0.3 is 0 Å². The predicted molar refractivity (Wildman–Crippen MR) is 77.2 cm³/mol. The zero-order valence-corrected chi connectivity index (χ0v) is 12.2.